The third-order valence-electron chi connectivity index (χ3n) is 2.64. The first-order valence-corrected chi connectivity index (χ1v) is 5.22. The summed E-state index contributed by atoms with van der Waals surface area (Å²) >= 11 is 0. The summed E-state index contributed by atoms with van der Waals surface area (Å²) in [6.07, 6.45) is 7.57. The number of allylic oxidation sites excluding steroid dienone is 1. The molecule has 0 fully saturated rings. The Balaban J connectivity index is 2.06. The molecule has 2 nitrogen and oxygen atoms in total. The standard InChI is InChI=1S/C12H15FN2/c13-9-6-7-12(11(14)8-9)15-10-4-2-1-3-5-10/h1-2,6-8,10,15H,3-5,14H2. The number of nitrogen functional groups attached to an aromatic ring is 1. The van der Waals surface area contributed by atoms with E-state index in [0.717, 1.165) is 24.9 Å². The van der Waals surface area contributed by atoms with Crippen LogP contribution in [0.3, 0.4) is 0 Å². The predicted molar refractivity (Wildman–Crippen MR) is 61.2 cm³/mol. The van der Waals surface area contributed by atoms with Crippen molar-refractivity contribution in [3.63, 3.8) is 0 Å². The van der Waals surface area contributed by atoms with Crippen molar-refractivity contribution < 1.29 is 4.39 Å². The third-order valence-corrected chi connectivity index (χ3v) is 2.64. The number of nitrogens with one attached hydrogen (secondary N) is 1. The van der Waals surface area contributed by atoms with E-state index in [0.29, 0.717) is 11.7 Å². The summed E-state index contributed by atoms with van der Waals surface area (Å²) in [7, 11) is 0. The quantitative estimate of drug-likeness (QED) is 0.576. The summed E-state index contributed by atoms with van der Waals surface area (Å²) in [4.78, 5) is 0. The molecule has 1 atom stereocenters. The fourth-order valence-electron chi connectivity index (χ4n) is 1.81. The van der Waals surface area contributed by atoms with Crippen molar-refractivity contribution in [3.8, 4) is 0 Å². The van der Waals surface area contributed by atoms with Gasteiger partial charge in [0.25, 0.3) is 0 Å². The van der Waals surface area contributed by atoms with Crippen molar-refractivity contribution in [1.82, 2.24) is 0 Å². The molecule has 0 aliphatic heterocycles. The lowest BCUT2D eigenvalue weighted by molar-refractivity contribution is 0.626. The zero-order valence-corrected chi connectivity index (χ0v) is 8.54. The number of hydrogen-bond donors (Lipinski definition) is 2. The van der Waals surface area contributed by atoms with Crippen LogP contribution in [0.2, 0.25) is 0 Å². The van der Waals surface area contributed by atoms with Crippen LogP contribution < -0.4 is 11.1 Å². The van der Waals surface area contributed by atoms with Crippen molar-refractivity contribution >= 4 is 11.4 Å². The van der Waals surface area contributed by atoms with Crippen LogP contribution in [0.5, 0.6) is 0 Å². The molecule has 0 radical (unpaired) electrons. The van der Waals surface area contributed by atoms with Crippen molar-refractivity contribution in [1.29, 1.82) is 0 Å². The van der Waals surface area contributed by atoms with Gasteiger partial charge in [0, 0.05) is 6.04 Å². The SMILES string of the molecule is Nc1cc(F)ccc1NC1CC=CCC1. The molecule has 80 valence electrons. The smallest absolute Gasteiger partial charge is 0.125 e. The molecule has 3 heteroatoms. The Kier molecular flexibility index (Phi) is 2.90. The second kappa shape index (κ2) is 4.34. The van der Waals surface area contributed by atoms with Crippen LogP contribution in [-0.2, 0) is 0 Å². The van der Waals surface area contributed by atoms with E-state index in [1.807, 2.05) is 0 Å². The topological polar surface area (TPSA) is 38.0 Å². The van der Waals surface area contributed by atoms with Gasteiger partial charge in [-0.25, -0.2) is 4.39 Å². The molecule has 0 saturated heterocycles. The van der Waals surface area contributed by atoms with E-state index in [1.165, 1.54) is 12.1 Å². The maximum atomic E-state index is 12.8. The average molecular weight is 206 g/mol. The molecule has 1 aliphatic rings. The van der Waals surface area contributed by atoms with Crippen LogP contribution in [0.15, 0.2) is 30.4 Å². The molecule has 1 aliphatic carbocycles. The fraction of sp³-hybridized carbons (Fsp3) is 0.333. The first-order valence-electron chi connectivity index (χ1n) is 5.22. The largest absolute Gasteiger partial charge is 0.397 e. The molecule has 0 heterocycles. The van der Waals surface area contributed by atoms with Crippen LogP contribution in [-0.4, -0.2) is 6.04 Å². The van der Waals surface area contributed by atoms with E-state index in [2.05, 4.69) is 17.5 Å². The summed E-state index contributed by atoms with van der Waals surface area (Å²) in [5, 5.41) is 3.33. The highest BCUT2D eigenvalue weighted by atomic mass is 19.1. The van der Waals surface area contributed by atoms with Gasteiger partial charge >= 0.3 is 0 Å². The molecule has 2 rings (SSSR count). The molecule has 1 aromatic carbocycles. The normalized spacial score (nSPS) is 20.2. The molecular formula is C12H15FN2. The monoisotopic (exact) mass is 206 g/mol. The zero-order valence-electron chi connectivity index (χ0n) is 8.54. The van der Waals surface area contributed by atoms with Crippen LogP contribution >= 0.6 is 0 Å². The van der Waals surface area contributed by atoms with E-state index in [4.69, 9.17) is 5.73 Å². The predicted octanol–water partition coefficient (Wildman–Crippen LogP) is 2.93. The molecule has 0 amide bonds. The third kappa shape index (κ3) is 2.49. The summed E-state index contributed by atoms with van der Waals surface area (Å²) < 4.78 is 12.8. The summed E-state index contributed by atoms with van der Waals surface area (Å²) in [6.45, 7) is 0. The average Bonchev–Trinajstić information content (AvgIpc) is 2.24. The Morgan fingerprint density at radius 2 is 2.20 bits per heavy atom. The van der Waals surface area contributed by atoms with Crippen LogP contribution in [0.4, 0.5) is 15.8 Å². The van der Waals surface area contributed by atoms with Crippen molar-refractivity contribution in [2.75, 3.05) is 11.1 Å². The van der Waals surface area contributed by atoms with Gasteiger partial charge in [0.15, 0.2) is 0 Å². The maximum Gasteiger partial charge on any atom is 0.125 e. The van der Waals surface area contributed by atoms with Gasteiger partial charge in [-0.3, -0.25) is 0 Å². The molecular weight excluding hydrogens is 191 g/mol. The Hall–Kier alpha value is -1.51. The second-order valence-corrected chi connectivity index (χ2v) is 3.86. The van der Waals surface area contributed by atoms with E-state index in [1.54, 1.807) is 6.07 Å². The minimum absolute atomic E-state index is 0.290. The molecule has 0 bridgehead atoms. The number of anilines is 2. The number of halogens is 1. The Morgan fingerprint density at radius 3 is 2.87 bits per heavy atom. The molecule has 0 aromatic heterocycles. The second-order valence-electron chi connectivity index (χ2n) is 3.86. The van der Waals surface area contributed by atoms with Gasteiger partial charge in [0.1, 0.15) is 5.82 Å². The molecule has 1 unspecified atom stereocenters. The lowest BCUT2D eigenvalue weighted by Gasteiger charge is -2.21. The van der Waals surface area contributed by atoms with Gasteiger partial charge in [0.05, 0.1) is 11.4 Å². The van der Waals surface area contributed by atoms with Crippen LogP contribution in [0.1, 0.15) is 19.3 Å². The minimum Gasteiger partial charge on any atom is -0.397 e. The van der Waals surface area contributed by atoms with Crippen LogP contribution in [0.25, 0.3) is 0 Å². The summed E-state index contributed by atoms with van der Waals surface area (Å²) in [5.41, 5.74) is 7.02. The molecule has 3 N–H and O–H groups in total. The highest BCUT2D eigenvalue weighted by Gasteiger charge is 2.10. The van der Waals surface area contributed by atoms with Crippen LogP contribution in [0, 0.1) is 5.82 Å². The van der Waals surface area contributed by atoms with Crippen molar-refractivity contribution in [2.45, 2.75) is 25.3 Å². The minimum atomic E-state index is -0.290. The maximum absolute atomic E-state index is 12.8. The van der Waals surface area contributed by atoms with Gasteiger partial charge in [-0.2, -0.15) is 0 Å². The first-order chi connectivity index (χ1) is 7.25. The highest BCUT2D eigenvalue weighted by Crippen LogP contribution is 2.23. The van der Waals surface area contributed by atoms with Gasteiger partial charge in [0.2, 0.25) is 0 Å². The number of nitrogens with two attached hydrogens (primary N) is 1. The van der Waals surface area contributed by atoms with Crippen molar-refractivity contribution in [2.24, 2.45) is 0 Å². The van der Waals surface area contributed by atoms with E-state index in [-0.39, 0.29) is 5.82 Å². The first kappa shape index (κ1) is 10.0. The van der Waals surface area contributed by atoms with Crippen molar-refractivity contribution in [3.05, 3.63) is 36.2 Å². The molecule has 15 heavy (non-hydrogen) atoms. The molecule has 0 spiro atoms. The lowest BCUT2D eigenvalue weighted by atomic mass is 10.0. The van der Waals surface area contributed by atoms with Gasteiger partial charge < -0.3 is 11.1 Å². The van der Waals surface area contributed by atoms with E-state index < -0.39 is 0 Å². The van der Waals surface area contributed by atoms with Gasteiger partial charge in [-0.1, -0.05) is 12.2 Å². The summed E-state index contributed by atoms with van der Waals surface area (Å²) in [5.74, 6) is -0.290. The number of hydrogen-bond acceptors (Lipinski definition) is 2. The zero-order chi connectivity index (χ0) is 10.7. The fourth-order valence-corrected chi connectivity index (χ4v) is 1.81. The van der Waals surface area contributed by atoms with E-state index in [9.17, 15) is 4.39 Å². The highest BCUT2D eigenvalue weighted by molar-refractivity contribution is 5.66. The Bertz CT molecular complexity index is 374. The Labute approximate surface area is 89.0 Å². The van der Waals surface area contributed by atoms with Gasteiger partial charge in [-0.05, 0) is 37.5 Å². The molecule has 1 aromatic rings. The Morgan fingerprint density at radius 1 is 1.33 bits per heavy atom. The summed E-state index contributed by atoms with van der Waals surface area (Å²) in [6, 6.07) is 4.89. The lowest BCUT2D eigenvalue weighted by Crippen LogP contribution is -2.20. The van der Waals surface area contributed by atoms with Gasteiger partial charge in [-0.15, -0.1) is 0 Å². The number of rotatable bonds is 2. The molecule has 0 saturated carbocycles. The number of benzene rings is 1. The van der Waals surface area contributed by atoms with E-state index >= 15 is 0 Å².